The third-order valence-electron chi connectivity index (χ3n) is 6.44. The minimum absolute atomic E-state index is 0.0106. The van der Waals surface area contributed by atoms with Gasteiger partial charge in [-0.25, -0.2) is 0 Å². The molecule has 0 saturated carbocycles. The molecule has 3 heteroatoms. The standard InChI is InChI=1S/C24H28N2O/c1-17-6-3-4-7-18(17)12-19-13-21-16-26(2)11-10-24(21,15-23(19)25)20-8-5-9-22(27)14-20/h3-9,12,14,21,27H,1,10-11,13,15-16,25H2,2H3/b18-12-/t21-,24+/m1/s1. The molecule has 3 nitrogen and oxygen atoms in total. The van der Waals surface area contributed by atoms with Crippen molar-refractivity contribution >= 4 is 12.7 Å². The summed E-state index contributed by atoms with van der Waals surface area (Å²) in [5, 5.41) is 12.2. The Hall–Kier alpha value is -2.52. The van der Waals surface area contributed by atoms with E-state index in [1.807, 2.05) is 30.3 Å². The topological polar surface area (TPSA) is 49.5 Å². The van der Waals surface area contributed by atoms with Gasteiger partial charge in [0.05, 0.1) is 0 Å². The van der Waals surface area contributed by atoms with Crippen molar-refractivity contribution in [2.45, 2.75) is 24.7 Å². The molecule has 0 aromatic heterocycles. The fraction of sp³-hybridized carbons (Fsp3) is 0.333. The number of benzene rings is 2. The van der Waals surface area contributed by atoms with Crippen LogP contribution in [0.2, 0.25) is 0 Å². The number of nitrogens with two attached hydrogens (primary N) is 1. The quantitative estimate of drug-likeness (QED) is 0.865. The number of rotatable bonds is 2. The zero-order valence-electron chi connectivity index (χ0n) is 16.0. The number of aromatic hydroxyl groups is 1. The van der Waals surface area contributed by atoms with Gasteiger partial charge in [0.15, 0.2) is 0 Å². The van der Waals surface area contributed by atoms with Crippen LogP contribution in [0, 0.1) is 5.92 Å². The molecule has 0 spiro atoms. The minimum atomic E-state index is 0.0106. The third kappa shape index (κ3) is 3.28. The van der Waals surface area contributed by atoms with Gasteiger partial charge in [-0.05, 0) is 78.6 Å². The van der Waals surface area contributed by atoms with Crippen LogP contribution >= 0.6 is 0 Å². The molecule has 1 aliphatic carbocycles. The predicted octanol–water partition coefficient (Wildman–Crippen LogP) is 2.48. The lowest BCUT2D eigenvalue weighted by Crippen LogP contribution is -2.51. The Morgan fingerprint density at radius 2 is 2.04 bits per heavy atom. The summed E-state index contributed by atoms with van der Waals surface area (Å²) >= 11 is 0. The van der Waals surface area contributed by atoms with Crippen LogP contribution in [-0.4, -0.2) is 30.1 Å². The summed E-state index contributed by atoms with van der Waals surface area (Å²) in [5.74, 6) is 0.819. The van der Waals surface area contributed by atoms with Gasteiger partial charge in [-0.1, -0.05) is 43.0 Å². The maximum absolute atomic E-state index is 10.1. The van der Waals surface area contributed by atoms with E-state index in [1.165, 1.54) is 11.1 Å². The maximum Gasteiger partial charge on any atom is 0.115 e. The third-order valence-corrected chi connectivity index (χ3v) is 6.44. The number of phenolic OH excluding ortho intramolecular Hbond substituents is 1. The van der Waals surface area contributed by atoms with Crippen molar-refractivity contribution in [1.29, 1.82) is 0 Å². The summed E-state index contributed by atoms with van der Waals surface area (Å²) in [6.45, 7) is 6.25. The van der Waals surface area contributed by atoms with E-state index in [9.17, 15) is 5.11 Å². The zero-order chi connectivity index (χ0) is 19.0. The number of nitrogens with zero attached hydrogens (tertiary/aromatic N) is 1. The Morgan fingerprint density at radius 1 is 1.22 bits per heavy atom. The van der Waals surface area contributed by atoms with Crippen molar-refractivity contribution in [2.24, 2.45) is 11.7 Å². The molecule has 1 heterocycles. The molecule has 2 aliphatic rings. The number of likely N-dealkylation sites (tertiary alicyclic amines) is 1. The predicted molar refractivity (Wildman–Crippen MR) is 112 cm³/mol. The van der Waals surface area contributed by atoms with Crippen LogP contribution in [0.5, 0.6) is 5.75 Å². The van der Waals surface area contributed by atoms with Crippen LogP contribution in [-0.2, 0) is 5.41 Å². The second-order valence-electron chi connectivity index (χ2n) is 8.19. The van der Waals surface area contributed by atoms with Crippen molar-refractivity contribution in [2.75, 3.05) is 20.1 Å². The Morgan fingerprint density at radius 3 is 2.81 bits per heavy atom. The lowest BCUT2D eigenvalue weighted by molar-refractivity contribution is 0.101. The van der Waals surface area contributed by atoms with Crippen molar-refractivity contribution < 1.29 is 5.11 Å². The normalized spacial score (nSPS) is 26.9. The second kappa shape index (κ2) is 6.90. The number of piperidine rings is 1. The van der Waals surface area contributed by atoms with Crippen molar-refractivity contribution in [3.63, 3.8) is 0 Å². The molecule has 140 valence electrons. The van der Waals surface area contributed by atoms with E-state index in [0.717, 1.165) is 48.5 Å². The van der Waals surface area contributed by atoms with E-state index >= 15 is 0 Å². The van der Waals surface area contributed by atoms with Crippen molar-refractivity contribution in [1.82, 2.24) is 4.90 Å². The molecule has 0 amide bonds. The largest absolute Gasteiger partial charge is 0.508 e. The van der Waals surface area contributed by atoms with Crippen LogP contribution in [0.15, 0.2) is 59.8 Å². The maximum atomic E-state index is 10.1. The number of hydrogen-bond acceptors (Lipinski definition) is 3. The van der Waals surface area contributed by atoms with E-state index in [2.05, 4.69) is 36.7 Å². The highest BCUT2D eigenvalue weighted by molar-refractivity contribution is 5.52. The highest BCUT2D eigenvalue weighted by Crippen LogP contribution is 2.50. The van der Waals surface area contributed by atoms with Crippen molar-refractivity contribution in [3.8, 4) is 5.75 Å². The van der Waals surface area contributed by atoms with Crippen LogP contribution < -0.4 is 16.2 Å². The molecule has 0 radical (unpaired) electrons. The Kier molecular flexibility index (Phi) is 4.56. The highest BCUT2D eigenvalue weighted by atomic mass is 16.3. The first-order chi connectivity index (χ1) is 13.0. The first-order valence-corrected chi connectivity index (χ1v) is 9.69. The lowest BCUT2D eigenvalue weighted by atomic mass is 9.59. The minimum Gasteiger partial charge on any atom is -0.508 e. The Bertz CT molecular complexity index is 993. The monoisotopic (exact) mass is 360 g/mol. The van der Waals surface area contributed by atoms with Crippen LogP contribution in [0.3, 0.4) is 0 Å². The van der Waals surface area contributed by atoms with Gasteiger partial charge in [-0.15, -0.1) is 0 Å². The molecule has 1 saturated heterocycles. The zero-order valence-corrected chi connectivity index (χ0v) is 16.0. The number of phenols is 1. The van der Waals surface area contributed by atoms with Crippen molar-refractivity contribution in [3.05, 3.63) is 75.8 Å². The van der Waals surface area contributed by atoms with E-state index in [-0.39, 0.29) is 5.41 Å². The smallest absolute Gasteiger partial charge is 0.115 e. The Labute approximate surface area is 161 Å². The van der Waals surface area contributed by atoms with Gasteiger partial charge in [0.25, 0.3) is 0 Å². The van der Waals surface area contributed by atoms with Gasteiger partial charge in [-0.2, -0.15) is 0 Å². The van der Waals surface area contributed by atoms with Gasteiger partial charge in [0, 0.05) is 17.7 Å². The molecule has 2 aromatic rings. The number of allylic oxidation sites excluding steroid dienone is 2. The summed E-state index contributed by atoms with van der Waals surface area (Å²) in [4.78, 5) is 2.42. The average molecular weight is 361 g/mol. The van der Waals surface area contributed by atoms with Crippen LogP contribution in [0.25, 0.3) is 12.7 Å². The molecular weight excluding hydrogens is 332 g/mol. The van der Waals surface area contributed by atoms with Crippen LogP contribution in [0.4, 0.5) is 0 Å². The fourth-order valence-electron chi connectivity index (χ4n) is 4.89. The SMILES string of the molecule is C=c1cccc/c1=C/C1=C(N)C[C@]2(c3cccc(O)c3)CCN(C)C[C@H]2C1. The number of fused-ring (bicyclic) bond motifs is 1. The molecule has 0 unspecified atom stereocenters. The van der Waals surface area contributed by atoms with E-state index < -0.39 is 0 Å². The molecule has 0 bridgehead atoms. The summed E-state index contributed by atoms with van der Waals surface area (Å²) in [6, 6.07) is 16.0. The lowest BCUT2D eigenvalue weighted by Gasteiger charge is -2.50. The van der Waals surface area contributed by atoms with Crippen LogP contribution in [0.1, 0.15) is 24.8 Å². The van der Waals surface area contributed by atoms with Gasteiger partial charge in [0.1, 0.15) is 5.75 Å². The second-order valence-corrected chi connectivity index (χ2v) is 8.19. The summed E-state index contributed by atoms with van der Waals surface area (Å²) in [7, 11) is 2.20. The summed E-state index contributed by atoms with van der Waals surface area (Å²) in [5.41, 5.74) is 10.1. The Balaban J connectivity index is 1.80. The molecule has 1 fully saturated rings. The summed E-state index contributed by atoms with van der Waals surface area (Å²) in [6.07, 6.45) is 5.09. The van der Waals surface area contributed by atoms with E-state index in [1.54, 1.807) is 6.07 Å². The van der Waals surface area contributed by atoms with Gasteiger partial charge in [0.2, 0.25) is 0 Å². The molecule has 3 N–H and O–H groups in total. The fourth-order valence-corrected chi connectivity index (χ4v) is 4.89. The molecule has 27 heavy (non-hydrogen) atoms. The van der Waals surface area contributed by atoms with Gasteiger partial charge >= 0.3 is 0 Å². The van der Waals surface area contributed by atoms with Gasteiger partial charge in [-0.3, -0.25) is 0 Å². The molecular formula is C24H28N2O. The first-order valence-electron chi connectivity index (χ1n) is 9.69. The van der Waals surface area contributed by atoms with E-state index in [0.29, 0.717) is 11.7 Å². The molecule has 2 atom stereocenters. The summed E-state index contributed by atoms with van der Waals surface area (Å²) < 4.78 is 0. The number of hydrogen-bond donors (Lipinski definition) is 2. The molecule has 2 aromatic carbocycles. The molecule has 1 aliphatic heterocycles. The van der Waals surface area contributed by atoms with E-state index in [4.69, 9.17) is 5.73 Å². The highest BCUT2D eigenvalue weighted by Gasteiger charge is 2.46. The molecule has 4 rings (SSSR count). The average Bonchev–Trinajstić information content (AvgIpc) is 2.64. The van der Waals surface area contributed by atoms with Gasteiger partial charge < -0.3 is 15.7 Å². The first kappa shape index (κ1) is 17.9.